The van der Waals surface area contributed by atoms with Gasteiger partial charge in [-0.05, 0) is 6.42 Å². The van der Waals surface area contributed by atoms with Crippen LogP contribution in [-0.4, -0.2) is 60.5 Å². The van der Waals surface area contributed by atoms with Crippen molar-refractivity contribution in [2.45, 2.75) is 62.9 Å². The first-order valence-electron chi connectivity index (χ1n) is 11.0. The number of aromatic amines is 1. The molecule has 1 aromatic heterocycles. The molecule has 1 aliphatic heterocycles. The first kappa shape index (κ1) is 35.4. The molecule has 9 nitrogen and oxygen atoms in total. The predicted octanol–water partition coefficient (Wildman–Crippen LogP) is 3.88. The van der Waals surface area contributed by atoms with Gasteiger partial charge in [0.05, 0.1) is 13.2 Å². The van der Waals surface area contributed by atoms with Gasteiger partial charge in [-0.15, -0.1) is 11.8 Å². The van der Waals surface area contributed by atoms with Gasteiger partial charge in [0.1, 0.15) is 24.2 Å². The van der Waals surface area contributed by atoms with Crippen LogP contribution in [0.3, 0.4) is 0 Å². The number of nitrogens with one attached hydrogen (secondary N) is 1. The summed E-state index contributed by atoms with van der Waals surface area (Å²) in [5.74, 6) is 0. The van der Waals surface area contributed by atoms with Crippen LogP contribution < -0.4 is 11.2 Å². The fraction of sp³-hybridized carbons (Fsp3) is 0.682. The Balaban J connectivity index is 0. The second kappa shape index (κ2) is 22.7. The van der Waals surface area contributed by atoms with Crippen LogP contribution in [0, 0.1) is 20.4 Å². The zero-order chi connectivity index (χ0) is 25.1. The van der Waals surface area contributed by atoms with E-state index in [1.807, 2.05) is 20.8 Å². The number of aromatic nitrogens is 2. The number of ether oxygens (including phenoxy) is 2. The van der Waals surface area contributed by atoms with E-state index in [1.165, 1.54) is 16.8 Å². The van der Waals surface area contributed by atoms with Gasteiger partial charge in [0.15, 0.2) is 9.03 Å². The van der Waals surface area contributed by atoms with Crippen molar-refractivity contribution in [1.29, 1.82) is 0 Å². The third kappa shape index (κ3) is 13.4. The van der Waals surface area contributed by atoms with Crippen molar-refractivity contribution in [2.24, 2.45) is 0 Å². The third-order valence-electron chi connectivity index (χ3n) is 3.96. The molecule has 1 aromatic rings. The molecule has 34 heavy (non-hydrogen) atoms. The summed E-state index contributed by atoms with van der Waals surface area (Å²) >= 11 is 1.58. The van der Waals surface area contributed by atoms with Gasteiger partial charge in [-0.1, -0.05) is 20.8 Å². The molecule has 1 N–H and O–H groups in total. The first-order valence-corrected chi connectivity index (χ1v) is 12.7. The van der Waals surface area contributed by atoms with Crippen molar-refractivity contribution in [2.75, 3.05) is 33.5 Å². The van der Waals surface area contributed by atoms with E-state index < -0.39 is 17.4 Å². The summed E-state index contributed by atoms with van der Waals surface area (Å²) in [6, 6.07) is 1.32. The zero-order valence-corrected chi connectivity index (χ0v) is 23.2. The average Bonchev–Trinajstić information content (AvgIpc) is 3.12. The van der Waals surface area contributed by atoms with Gasteiger partial charge in [0, 0.05) is 24.6 Å². The van der Waals surface area contributed by atoms with E-state index in [2.05, 4.69) is 23.7 Å². The molecule has 1 aliphatic rings. The van der Waals surface area contributed by atoms with Crippen LogP contribution in [0.1, 0.15) is 45.4 Å². The van der Waals surface area contributed by atoms with Gasteiger partial charge in [0.2, 0.25) is 6.54 Å². The number of hydrogen-bond donors (Lipinski definition) is 1. The topological polar surface area (TPSA) is 96.1 Å². The summed E-state index contributed by atoms with van der Waals surface area (Å²) in [6.45, 7) is 21.2. The number of thioether (sulfide) groups is 1. The quantitative estimate of drug-likeness (QED) is 0.189. The average molecular weight is 562 g/mol. The van der Waals surface area contributed by atoms with E-state index in [9.17, 15) is 9.59 Å². The summed E-state index contributed by atoms with van der Waals surface area (Å²) in [7, 11) is 1.38. The minimum atomic E-state index is -0.480. The van der Waals surface area contributed by atoms with Crippen molar-refractivity contribution in [3.05, 3.63) is 58.4 Å². The maximum Gasteiger partial charge on any atom is 2.00 e. The van der Waals surface area contributed by atoms with E-state index in [0.717, 1.165) is 19.3 Å². The summed E-state index contributed by atoms with van der Waals surface area (Å²) in [5.41, 5.74) is -0.919. The molecular weight excluding hydrogens is 524 g/mol. The van der Waals surface area contributed by atoms with E-state index in [4.69, 9.17) is 25.1 Å². The van der Waals surface area contributed by atoms with Crippen LogP contribution in [0.15, 0.2) is 21.9 Å². The Morgan fingerprint density at radius 1 is 1.18 bits per heavy atom. The van der Waals surface area contributed by atoms with E-state index in [1.54, 1.807) is 18.9 Å². The minimum Gasteiger partial charge on any atom is -0.382 e. The Labute approximate surface area is 219 Å². The standard InChI is InChI=1S/C16H24N3O6PS.2C3H7.Ni/c1-4-11-13(25-26-24-8-6-17-2)14(23-10-9-22-3)15(27-11)19-7-5-12(20)18-16(19)21;2*1-3-2;/h5,7,11,13-15,26H,4,6,8-10H2,1,3H3,(H,18,20,21);2*1,3H2,2H3;/q;2*-1;+2/t11-,13?,14+,15-;;;/m1.../s1. The van der Waals surface area contributed by atoms with Crippen LogP contribution >= 0.6 is 20.8 Å². The summed E-state index contributed by atoms with van der Waals surface area (Å²) < 4.78 is 23.8. The normalized spacial score (nSPS) is 21.1. The van der Waals surface area contributed by atoms with Crippen LogP contribution in [0.2, 0.25) is 0 Å². The Bertz CT molecular complexity index is 774. The first-order chi connectivity index (χ1) is 15.9. The molecule has 0 saturated carbocycles. The van der Waals surface area contributed by atoms with Gasteiger partial charge in [-0.25, -0.2) is 11.4 Å². The zero-order valence-electron chi connectivity index (χ0n) is 20.4. The van der Waals surface area contributed by atoms with Crippen LogP contribution in [-0.2, 0) is 35.0 Å². The van der Waals surface area contributed by atoms with Gasteiger partial charge in [-0.3, -0.25) is 14.3 Å². The third-order valence-corrected chi connectivity index (χ3v) is 6.37. The number of methoxy groups -OCH3 is 1. The molecule has 1 fully saturated rings. The Morgan fingerprint density at radius 2 is 1.82 bits per heavy atom. The summed E-state index contributed by atoms with van der Waals surface area (Å²) in [5, 5.41) is -0.243. The Morgan fingerprint density at radius 3 is 2.35 bits per heavy atom. The van der Waals surface area contributed by atoms with Gasteiger partial charge in [0.25, 0.3) is 5.56 Å². The van der Waals surface area contributed by atoms with Crippen LogP contribution in [0.4, 0.5) is 0 Å². The smallest absolute Gasteiger partial charge is 0.382 e. The van der Waals surface area contributed by atoms with Crippen molar-refractivity contribution >= 4 is 20.8 Å². The van der Waals surface area contributed by atoms with Crippen molar-refractivity contribution < 1.29 is 35.0 Å². The Hall–Kier alpha value is -0.716. The van der Waals surface area contributed by atoms with Crippen molar-refractivity contribution in [3.8, 4) is 0 Å². The molecule has 2 heterocycles. The number of hydrogen-bond acceptors (Lipinski definition) is 7. The minimum absolute atomic E-state index is 0. The molecule has 1 saturated heterocycles. The maximum absolute atomic E-state index is 12.3. The molecular formula is C22H38N3NiO6PS. The van der Waals surface area contributed by atoms with Crippen LogP contribution in [0.25, 0.3) is 4.85 Å². The largest absolute Gasteiger partial charge is 2.00 e. The second-order valence-electron chi connectivity index (χ2n) is 6.71. The van der Waals surface area contributed by atoms with E-state index in [0.29, 0.717) is 19.8 Å². The molecule has 0 aliphatic carbocycles. The number of H-pyrrole nitrogens is 1. The number of rotatable bonds is 11. The molecule has 0 bridgehead atoms. The summed E-state index contributed by atoms with van der Waals surface area (Å²) in [6.07, 6.45) is 3.61. The van der Waals surface area contributed by atoms with Crippen molar-refractivity contribution in [1.82, 2.24) is 9.55 Å². The van der Waals surface area contributed by atoms with Crippen LogP contribution in [0.5, 0.6) is 0 Å². The van der Waals surface area contributed by atoms with E-state index >= 15 is 0 Å². The van der Waals surface area contributed by atoms with Crippen molar-refractivity contribution in [3.63, 3.8) is 0 Å². The molecule has 198 valence electrons. The predicted molar refractivity (Wildman–Crippen MR) is 136 cm³/mol. The van der Waals surface area contributed by atoms with E-state index in [-0.39, 0.29) is 48.8 Å². The second-order valence-corrected chi connectivity index (χ2v) is 8.77. The molecule has 12 heteroatoms. The fourth-order valence-corrected chi connectivity index (χ4v) is 5.05. The molecule has 0 aromatic carbocycles. The maximum atomic E-state index is 12.3. The molecule has 2 unspecified atom stereocenters. The monoisotopic (exact) mass is 561 g/mol. The molecule has 0 amide bonds. The SMILES string of the molecule is [C-]#[N+]CCOPOC1[C@@H](CC)S[C@@H](n2ccc(=O)[nH]c2=O)[C@H]1OCCOC.[CH2-]CC.[CH2-]CC.[Ni+2]. The summed E-state index contributed by atoms with van der Waals surface area (Å²) in [4.78, 5) is 29.2. The van der Waals surface area contributed by atoms with Gasteiger partial charge >= 0.3 is 22.2 Å². The van der Waals surface area contributed by atoms with Gasteiger partial charge in [-0.2, -0.15) is 12.8 Å². The molecule has 5 atom stereocenters. The Kier molecular flexibility index (Phi) is 23.7. The number of nitrogens with zero attached hydrogens (tertiary/aromatic N) is 2. The van der Waals surface area contributed by atoms with Gasteiger partial charge < -0.3 is 37.2 Å². The molecule has 0 spiro atoms. The molecule has 2 rings (SSSR count). The fourth-order valence-electron chi connectivity index (χ4n) is 2.70. The molecule has 0 radical (unpaired) electrons.